The molecule has 11 nitrogen and oxygen atoms in total. The van der Waals surface area contributed by atoms with Crippen LogP contribution in [0.15, 0.2) is 66.7 Å². The van der Waals surface area contributed by atoms with E-state index in [4.69, 9.17) is 9.47 Å². The summed E-state index contributed by atoms with van der Waals surface area (Å²) in [5.74, 6) is -0.675. The molecular weight excluding hydrogens is 651 g/mol. The maximum Gasteiger partial charge on any atom is 0.412 e. The van der Waals surface area contributed by atoms with Gasteiger partial charge < -0.3 is 19.5 Å². The Bertz CT molecular complexity index is 1930. The monoisotopic (exact) mass is 685 g/mol. The number of carboxylic acids is 1. The molecule has 0 saturated carbocycles. The number of ether oxygens (including phenoxy) is 2. The molecule has 0 aliphatic carbocycles. The van der Waals surface area contributed by atoms with Gasteiger partial charge in [0.1, 0.15) is 11.4 Å². The third kappa shape index (κ3) is 7.92. The highest BCUT2D eigenvalue weighted by Gasteiger charge is 2.27. The number of amides is 2. The van der Waals surface area contributed by atoms with E-state index in [0.29, 0.717) is 71.1 Å². The van der Waals surface area contributed by atoms with E-state index in [0.717, 1.165) is 21.3 Å². The lowest BCUT2D eigenvalue weighted by atomic mass is 9.94. The van der Waals surface area contributed by atoms with Crippen molar-refractivity contribution >= 4 is 66.8 Å². The fourth-order valence-electron chi connectivity index (χ4n) is 5.34. The van der Waals surface area contributed by atoms with Crippen LogP contribution in [0.2, 0.25) is 0 Å². The Morgan fingerprint density at radius 3 is 2.50 bits per heavy atom. The molecule has 5 aromatic rings. The number of carbonyl (C=O) groups is 3. The number of rotatable bonds is 10. The molecule has 0 unspecified atom stereocenters. The van der Waals surface area contributed by atoms with E-state index in [9.17, 15) is 19.5 Å². The Morgan fingerprint density at radius 1 is 0.958 bits per heavy atom. The lowest BCUT2D eigenvalue weighted by Gasteiger charge is -2.29. The van der Waals surface area contributed by atoms with Gasteiger partial charge in [0.15, 0.2) is 16.0 Å². The van der Waals surface area contributed by atoms with E-state index >= 15 is 0 Å². The molecule has 0 saturated heterocycles. The van der Waals surface area contributed by atoms with Crippen LogP contribution in [0.5, 0.6) is 5.75 Å². The largest absolute Gasteiger partial charge is 0.494 e. The van der Waals surface area contributed by atoms with Crippen molar-refractivity contribution in [2.24, 2.45) is 0 Å². The van der Waals surface area contributed by atoms with Gasteiger partial charge in [-0.2, -0.15) is 0 Å². The standard InChI is InChI=1S/C35H35N5O6S2/c1-35(2,3)46-34(44)36-22-13-15-23(16-14-22)45-19-7-12-28-29(31(42)43)38-33(48-28)40-18-17-21-8-6-9-24(25(21)20-40)30(41)39-32-37-26-10-4-5-11-27(26)47-32/h4-6,8-11,13-16H,7,12,17-20H2,1-3H3,(H,36,44)(H,42,43)(H,37,39,41). The molecule has 2 aromatic heterocycles. The first kappa shape index (κ1) is 32.9. The zero-order chi connectivity index (χ0) is 33.8. The third-order valence-corrected chi connectivity index (χ3v) is 9.64. The van der Waals surface area contributed by atoms with Crippen LogP contribution in [-0.4, -0.2) is 51.8 Å². The zero-order valence-corrected chi connectivity index (χ0v) is 28.4. The number of aromatic carboxylic acids is 1. The highest BCUT2D eigenvalue weighted by Crippen LogP contribution is 2.33. The Labute approximate surface area is 285 Å². The van der Waals surface area contributed by atoms with E-state index in [2.05, 4.69) is 20.6 Å². The number of thiazole rings is 2. The number of fused-ring (bicyclic) bond motifs is 2. The molecule has 248 valence electrons. The number of nitrogens with one attached hydrogen (secondary N) is 2. The van der Waals surface area contributed by atoms with Crippen LogP contribution >= 0.6 is 22.7 Å². The van der Waals surface area contributed by atoms with Gasteiger partial charge in [0.05, 0.1) is 16.8 Å². The summed E-state index contributed by atoms with van der Waals surface area (Å²) in [6, 6.07) is 20.4. The number of aryl methyl sites for hydroxylation is 1. The molecule has 0 atom stereocenters. The Balaban J connectivity index is 1.07. The first-order valence-corrected chi connectivity index (χ1v) is 17.1. The van der Waals surface area contributed by atoms with Crippen molar-refractivity contribution < 1.29 is 29.0 Å². The summed E-state index contributed by atoms with van der Waals surface area (Å²) in [4.78, 5) is 49.3. The number of benzene rings is 3. The van der Waals surface area contributed by atoms with E-state index in [1.165, 1.54) is 22.7 Å². The van der Waals surface area contributed by atoms with Gasteiger partial charge in [-0.1, -0.05) is 35.6 Å². The van der Waals surface area contributed by atoms with Crippen molar-refractivity contribution in [3.8, 4) is 5.75 Å². The van der Waals surface area contributed by atoms with Gasteiger partial charge >= 0.3 is 12.1 Å². The Kier molecular flexibility index (Phi) is 9.60. The summed E-state index contributed by atoms with van der Waals surface area (Å²) >= 11 is 2.79. The van der Waals surface area contributed by atoms with Gasteiger partial charge in [0, 0.05) is 29.2 Å². The van der Waals surface area contributed by atoms with Crippen LogP contribution in [0.1, 0.15) is 64.0 Å². The lowest BCUT2D eigenvalue weighted by molar-refractivity contribution is 0.0633. The fourth-order valence-corrected chi connectivity index (χ4v) is 7.32. The number of aromatic nitrogens is 2. The Hall–Kier alpha value is -5.01. The zero-order valence-electron chi connectivity index (χ0n) is 26.7. The van der Waals surface area contributed by atoms with Crippen LogP contribution in [0.3, 0.4) is 0 Å². The molecule has 3 N–H and O–H groups in total. The third-order valence-electron chi connectivity index (χ3n) is 7.51. The quantitative estimate of drug-likeness (QED) is 0.127. The SMILES string of the molecule is CC(C)(C)OC(=O)Nc1ccc(OCCCc2sc(N3CCc4cccc(C(=O)Nc5nc6ccccc6s5)c4C3)nc2C(=O)O)cc1. The van der Waals surface area contributed by atoms with Gasteiger partial charge in [-0.3, -0.25) is 15.4 Å². The van der Waals surface area contributed by atoms with Gasteiger partial charge in [-0.25, -0.2) is 19.6 Å². The fraction of sp³-hybridized carbons (Fsp3) is 0.286. The number of hydrogen-bond donors (Lipinski definition) is 3. The predicted molar refractivity (Wildman–Crippen MR) is 188 cm³/mol. The lowest BCUT2D eigenvalue weighted by Crippen LogP contribution is -2.32. The predicted octanol–water partition coefficient (Wildman–Crippen LogP) is 7.62. The number of carboxylic acid groups (broad SMARTS) is 1. The molecule has 0 fully saturated rings. The summed E-state index contributed by atoms with van der Waals surface area (Å²) in [6.07, 6.45) is 1.24. The molecule has 48 heavy (non-hydrogen) atoms. The minimum absolute atomic E-state index is 0.0419. The van der Waals surface area contributed by atoms with Crippen molar-refractivity contribution in [3.63, 3.8) is 0 Å². The van der Waals surface area contributed by atoms with E-state index in [1.807, 2.05) is 47.4 Å². The molecule has 1 aliphatic heterocycles. The minimum Gasteiger partial charge on any atom is -0.494 e. The highest BCUT2D eigenvalue weighted by molar-refractivity contribution is 7.22. The maximum atomic E-state index is 13.4. The summed E-state index contributed by atoms with van der Waals surface area (Å²) in [6.45, 7) is 6.86. The minimum atomic E-state index is -1.07. The molecule has 0 bridgehead atoms. The number of para-hydroxylation sites is 1. The van der Waals surface area contributed by atoms with Crippen LogP contribution in [0, 0.1) is 0 Å². The average Bonchev–Trinajstić information content (AvgIpc) is 3.66. The highest BCUT2D eigenvalue weighted by atomic mass is 32.1. The van der Waals surface area contributed by atoms with Crippen LogP contribution in [-0.2, 0) is 24.1 Å². The molecular formula is C35H35N5O6S2. The van der Waals surface area contributed by atoms with E-state index in [-0.39, 0.29) is 11.6 Å². The van der Waals surface area contributed by atoms with Crippen LogP contribution in [0.4, 0.5) is 20.7 Å². The van der Waals surface area contributed by atoms with Gasteiger partial charge in [-0.05, 0) is 93.6 Å². The van der Waals surface area contributed by atoms with Crippen molar-refractivity contribution in [2.45, 2.75) is 52.2 Å². The number of hydrogen-bond acceptors (Lipinski definition) is 10. The number of nitrogens with zero attached hydrogens (tertiary/aromatic N) is 3. The number of carbonyl (C=O) groups excluding carboxylic acids is 2. The second-order valence-electron chi connectivity index (χ2n) is 12.2. The molecule has 0 spiro atoms. The molecule has 13 heteroatoms. The van der Waals surface area contributed by atoms with Crippen molar-refractivity contribution in [2.75, 3.05) is 28.7 Å². The van der Waals surface area contributed by atoms with Crippen molar-refractivity contribution in [1.82, 2.24) is 9.97 Å². The van der Waals surface area contributed by atoms with Crippen molar-refractivity contribution in [1.29, 1.82) is 0 Å². The molecule has 3 aromatic carbocycles. The molecule has 6 rings (SSSR count). The van der Waals surface area contributed by atoms with E-state index in [1.54, 1.807) is 45.0 Å². The van der Waals surface area contributed by atoms with E-state index < -0.39 is 17.7 Å². The molecule has 0 radical (unpaired) electrons. The smallest absolute Gasteiger partial charge is 0.412 e. The van der Waals surface area contributed by atoms with Gasteiger partial charge in [0.25, 0.3) is 5.91 Å². The molecule has 3 heterocycles. The first-order valence-electron chi connectivity index (χ1n) is 15.5. The Morgan fingerprint density at radius 2 is 1.75 bits per heavy atom. The molecule has 2 amide bonds. The van der Waals surface area contributed by atoms with Crippen molar-refractivity contribution in [3.05, 3.63) is 94.0 Å². The van der Waals surface area contributed by atoms with Gasteiger partial charge in [-0.15, -0.1) is 11.3 Å². The summed E-state index contributed by atoms with van der Waals surface area (Å²) < 4.78 is 12.1. The normalized spacial score (nSPS) is 12.8. The average molecular weight is 686 g/mol. The maximum absolute atomic E-state index is 13.4. The summed E-state index contributed by atoms with van der Waals surface area (Å²) in [5, 5.41) is 16.7. The van der Waals surface area contributed by atoms with Crippen LogP contribution in [0.25, 0.3) is 10.2 Å². The summed E-state index contributed by atoms with van der Waals surface area (Å²) in [7, 11) is 0. The van der Waals surface area contributed by atoms with Crippen LogP contribution < -0.4 is 20.3 Å². The summed E-state index contributed by atoms with van der Waals surface area (Å²) in [5.41, 5.74) is 3.43. The topological polar surface area (TPSA) is 143 Å². The van der Waals surface area contributed by atoms with Gasteiger partial charge in [0.2, 0.25) is 0 Å². The first-order chi connectivity index (χ1) is 23.0. The second kappa shape index (κ2) is 14.0. The second-order valence-corrected chi connectivity index (χ2v) is 14.3. The molecule has 1 aliphatic rings. The number of anilines is 3.